The molecule has 22 heavy (non-hydrogen) atoms. The summed E-state index contributed by atoms with van der Waals surface area (Å²) >= 11 is 5.44. The predicted molar refractivity (Wildman–Crippen MR) is 103 cm³/mol. The van der Waals surface area contributed by atoms with Crippen molar-refractivity contribution in [1.29, 1.82) is 0 Å². The molecule has 122 valence electrons. The van der Waals surface area contributed by atoms with Crippen molar-refractivity contribution in [2.75, 3.05) is 12.3 Å². The van der Waals surface area contributed by atoms with Gasteiger partial charge in [0, 0.05) is 22.8 Å². The molecule has 1 heterocycles. The SMILES string of the molecule is Cc1cc(Br)ccc1N=C1SCC(CC(C)C)N1CC(C)C. The van der Waals surface area contributed by atoms with E-state index in [1.165, 1.54) is 22.9 Å². The Kier molecular flexibility index (Phi) is 6.39. The highest BCUT2D eigenvalue weighted by molar-refractivity contribution is 9.10. The zero-order chi connectivity index (χ0) is 16.3. The number of rotatable bonds is 5. The Balaban J connectivity index is 2.25. The number of benzene rings is 1. The molecule has 1 aliphatic heterocycles. The minimum atomic E-state index is 0.627. The van der Waals surface area contributed by atoms with Gasteiger partial charge in [-0.25, -0.2) is 4.99 Å². The maximum absolute atomic E-state index is 4.98. The Labute approximate surface area is 147 Å². The lowest BCUT2D eigenvalue weighted by molar-refractivity contribution is 0.279. The van der Waals surface area contributed by atoms with E-state index in [9.17, 15) is 0 Å². The molecule has 0 aliphatic carbocycles. The van der Waals surface area contributed by atoms with Crippen LogP contribution in [-0.2, 0) is 0 Å². The molecule has 0 radical (unpaired) electrons. The van der Waals surface area contributed by atoms with Crippen LogP contribution in [0, 0.1) is 18.8 Å². The van der Waals surface area contributed by atoms with Crippen LogP contribution in [0.5, 0.6) is 0 Å². The van der Waals surface area contributed by atoms with Gasteiger partial charge in [-0.1, -0.05) is 55.4 Å². The number of thioether (sulfide) groups is 1. The Morgan fingerprint density at radius 2 is 2.00 bits per heavy atom. The lowest BCUT2D eigenvalue weighted by Crippen LogP contribution is -2.37. The normalized spacial score (nSPS) is 20.6. The molecule has 2 rings (SSSR count). The summed E-state index contributed by atoms with van der Waals surface area (Å²) < 4.78 is 1.12. The van der Waals surface area contributed by atoms with E-state index in [2.05, 4.69) is 73.6 Å². The third-order valence-corrected chi connectivity index (χ3v) is 5.40. The van der Waals surface area contributed by atoms with Crippen molar-refractivity contribution in [1.82, 2.24) is 4.90 Å². The molecule has 0 aromatic heterocycles. The second kappa shape index (κ2) is 7.87. The highest BCUT2D eigenvalue weighted by atomic mass is 79.9. The molecule has 1 aliphatic rings. The molecule has 1 atom stereocenters. The Bertz CT molecular complexity index is 540. The van der Waals surface area contributed by atoms with Crippen molar-refractivity contribution in [3.8, 4) is 0 Å². The fraction of sp³-hybridized carbons (Fsp3) is 0.611. The molecule has 1 fully saturated rings. The molecule has 0 saturated carbocycles. The van der Waals surface area contributed by atoms with Crippen LogP contribution in [0.15, 0.2) is 27.7 Å². The fourth-order valence-electron chi connectivity index (χ4n) is 2.80. The smallest absolute Gasteiger partial charge is 0.164 e. The highest BCUT2D eigenvalue weighted by Gasteiger charge is 2.31. The van der Waals surface area contributed by atoms with E-state index in [0.29, 0.717) is 12.0 Å². The minimum Gasteiger partial charge on any atom is -0.347 e. The summed E-state index contributed by atoms with van der Waals surface area (Å²) in [7, 11) is 0. The minimum absolute atomic E-state index is 0.627. The van der Waals surface area contributed by atoms with E-state index in [0.717, 1.165) is 22.6 Å². The lowest BCUT2D eigenvalue weighted by Gasteiger charge is -2.29. The average Bonchev–Trinajstić information content (AvgIpc) is 2.74. The monoisotopic (exact) mass is 382 g/mol. The van der Waals surface area contributed by atoms with Gasteiger partial charge >= 0.3 is 0 Å². The Hall–Kier alpha value is -0.480. The number of amidine groups is 1. The first-order chi connectivity index (χ1) is 10.4. The zero-order valence-electron chi connectivity index (χ0n) is 14.3. The number of aryl methyl sites for hydroxylation is 1. The van der Waals surface area contributed by atoms with Crippen LogP contribution >= 0.6 is 27.7 Å². The lowest BCUT2D eigenvalue weighted by atomic mass is 10.0. The van der Waals surface area contributed by atoms with Crippen molar-refractivity contribution in [3.05, 3.63) is 28.2 Å². The maximum Gasteiger partial charge on any atom is 0.164 e. The first kappa shape index (κ1) is 17.9. The topological polar surface area (TPSA) is 15.6 Å². The molecule has 0 bridgehead atoms. The van der Waals surface area contributed by atoms with Crippen LogP contribution in [0.3, 0.4) is 0 Å². The molecule has 1 unspecified atom stereocenters. The van der Waals surface area contributed by atoms with Crippen LogP contribution in [0.1, 0.15) is 39.7 Å². The molecular formula is C18H27BrN2S. The third kappa shape index (κ3) is 4.76. The zero-order valence-corrected chi connectivity index (χ0v) is 16.7. The molecule has 1 saturated heterocycles. The first-order valence-electron chi connectivity index (χ1n) is 8.11. The maximum atomic E-state index is 4.98. The Morgan fingerprint density at radius 3 is 2.59 bits per heavy atom. The summed E-state index contributed by atoms with van der Waals surface area (Å²) in [6, 6.07) is 6.94. The number of halogens is 1. The number of nitrogens with zero attached hydrogens (tertiary/aromatic N) is 2. The van der Waals surface area contributed by atoms with Crippen molar-refractivity contribution in [2.24, 2.45) is 16.8 Å². The second-order valence-corrected chi connectivity index (χ2v) is 8.87. The quantitative estimate of drug-likeness (QED) is 0.632. The van der Waals surface area contributed by atoms with Gasteiger partial charge < -0.3 is 4.90 Å². The number of aliphatic imine (C=N–C) groups is 1. The van der Waals surface area contributed by atoms with Gasteiger partial charge in [0.25, 0.3) is 0 Å². The van der Waals surface area contributed by atoms with E-state index < -0.39 is 0 Å². The fourth-order valence-corrected chi connectivity index (χ4v) is 4.49. The molecular weight excluding hydrogens is 356 g/mol. The standard InChI is InChI=1S/C18H27BrN2S/c1-12(2)8-16-11-22-18(21(16)10-13(3)4)20-17-7-6-15(19)9-14(17)5/h6-7,9,12-13,16H,8,10-11H2,1-5H3. The molecule has 0 spiro atoms. The summed E-state index contributed by atoms with van der Waals surface area (Å²) in [4.78, 5) is 7.51. The third-order valence-electron chi connectivity index (χ3n) is 3.77. The molecule has 0 N–H and O–H groups in total. The van der Waals surface area contributed by atoms with E-state index in [1.807, 2.05) is 11.8 Å². The number of hydrogen-bond acceptors (Lipinski definition) is 2. The summed E-state index contributed by atoms with van der Waals surface area (Å²) in [5.41, 5.74) is 2.31. The summed E-state index contributed by atoms with van der Waals surface area (Å²) in [5.74, 6) is 2.55. The second-order valence-electron chi connectivity index (χ2n) is 6.97. The van der Waals surface area contributed by atoms with Gasteiger partial charge in [0.1, 0.15) is 0 Å². The van der Waals surface area contributed by atoms with Crippen molar-refractivity contribution < 1.29 is 0 Å². The molecule has 1 aromatic rings. The van der Waals surface area contributed by atoms with Gasteiger partial charge in [-0.3, -0.25) is 0 Å². The summed E-state index contributed by atoms with van der Waals surface area (Å²) in [6.45, 7) is 12.4. The predicted octanol–water partition coefficient (Wildman–Crippen LogP) is 5.86. The largest absolute Gasteiger partial charge is 0.347 e. The van der Waals surface area contributed by atoms with Gasteiger partial charge in [-0.2, -0.15) is 0 Å². The van der Waals surface area contributed by atoms with Gasteiger partial charge in [-0.15, -0.1) is 0 Å². The van der Waals surface area contributed by atoms with Crippen LogP contribution in [0.4, 0.5) is 5.69 Å². The van der Waals surface area contributed by atoms with E-state index in [1.54, 1.807) is 0 Å². The van der Waals surface area contributed by atoms with Crippen molar-refractivity contribution >= 4 is 38.5 Å². The van der Waals surface area contributed by atoms with E-state index >= 15 is 0 Å². The van der Waals surface area contributed by atoms with Crippen LogP contribution in [0.25, 0.3) is 0 Å². The Morgan fingerprint density at radius 1 is 1.27 bits per heavy atom. The molecule has 4 heteroatoms. The van der Waals surface area contributed by atoms with Crippen LogP contribution in [0.2, 0.25) is 0 Å². The number of hydrogen-bond donors (Lipinski definition) is 0. The molecule has 1 aromatic carbocycles. The van der Waals surface area contributed by atoms with E-state index in [4.69, 9.17) is 4.99 Å². The van der Waals surface area contributed by atoms with Crippen LogP contribution < -0.4 is 0 Å². The van der Waals surface area contributed by atoms with Gasteiger partial charge in [0.15, 0.2) is 5.17 Å². The van der Waals surface area contributed by atoms with Crippen LogP contribution in [-0.4, -0.2) is 28.4 Å². The van der Waals surface area contributed by atoms with Gasteiger partial charge in [0.2, 0.25) is 0 Å². The van der Waals surface area contributed by atoms with Gasteiger partial charge in [-0.05, 0) is 48.9 Å². The van der Waals surface area contributed by atoms with Gasteiger partial charge in [0.05, 0.1) is 5.69 Å². The summed E-state index contributed by atoms with van der Waals surface area (Å²) in [6.07, 6.45) is 1.25. The van der Waals surface area contributed by atoms with Crippen molar-refractivity contribution in [2.45, 2.75) is 47.1 Å². The summed E-state index contributed by atoms with van der Waals surface area (Å²) in [5, 5.41) is 1.20. The average molecular weight is 383 g/mol. The first-order valence-corrected chi connectivity index (χ1v) is 9.89. The molecule has 2 nitrogen and oxygen atoms in total. The van der Waals surface area contributed by atoms with Crippen molar-refractivity contribution in [3.63, 3.8) is 0 Å². The van der Waals surface area contributed by atoms with E-state index in [-0.39, 0.29) is 0 Å². The highest BCUT2D eigenvalue weighted by Crippen LogP contribution is 2.32. The molecule has 0 amide bonds.